The second-order valence-corrected chi connectivity index (χ2v) is 8.80. The molecule has 0 unspecified atom stereocenters. The van der Waals surface area contributed by atoms with E-state index in [1.165, 1.54) is 25.7 Å². The minimum Gasteiger partial charge on any atom is -0.396 e. The lowest BCUT2D eigenvalue weighted by molar-refractivity contribution is -0.137. The van der Waals surface area contributed by atoms with E-state index in [4.69, 9.17) is 5.11 Å². The summed E-state index contributed by atoms with van der Waals surface area (Å²) in [4.78, 5) is 18.4. The fourth-order valence-corrected chi connectivity index (χ4v) is 4.72. The van der Waals surface area contributed by atoms with E-state index in [1.54, 1.807) is 0 Å². The van der Waals surface area contributed by atoms with Gasteiger partial charge in [0.05, 0.1) is 23.5 Å². The van der Waals surface area contributed by atoms with Crippen LogP contribution in [0.15, 0.2) is 12.3 Å². The van der Waals surface area contributed by atoms with Gasteiger partial charge in [-0.05, 0) is 50.5 Å². The number of H-pyrrole nitrogens is 1. The first-order valence-electron chi connectivity index (χ1n) is 11.1. The Labute approximate surface area is 184 Å². The number of aliphatic hydroxyl groups is 1. The Morgan fingerprint density at radius 2 is 2.00 bits per heavy atom. The van der Waals surface area contributed by atoms with Gasteiger partial charge in [-0.25, -0.2) is 4.98 Å². The first kappa shape index (κ1) is 22.8. The smallest absolute Gasteiger partial charge is 0.396 e. The van der Waals surface area contributed by atoms with Gasteiger partial charge in [0.2, 0.25) is 5.91 Å². The zero-order valence-corrected chi connectivity index (χ0v) is 17.8. The highest BCUT2D eigenvalue weighted by Gasteiger charge is 2.35. The average molecular weight is 454 g/mol. The van der Waals surface area contributed by atoms with Crippen molar-refractivity contribution < 1.29 is 23.1 Å². The molecule has 1 saturated heterocycles. The number of likely N-dealkylation sites (tertiary alicyclic amines) is 1. The molecule has 1 aliphatic heterocycles. The molecule has 4 N–H and O–H groups in total. The Bertz CT molecular complexity index is 920. The Kier molecular flexibility index (Phi) is 6.85. The summed E-state index contributed by atoms with van der Waals surface area (Å²) in [6.07, 6.45) is 2.97. The van der Waals surface area contributed by atoms with Crippen LogP contribution in [0.4, 0.5) is 19.0 Å². The molecule has 0 spiro atoms. The largest absolute Gasteiger partial charge is 0.417 e. The maximum atomic E-state index is 12.9. The number of amides is 1. The number of rotatable bonds is 8. The predicted molar refractivity (Wildman–Crippen MR) is 113 cm³/mol. The molecule has 2 fully saturated rings. The fraction of sp³-hybridized carbons (Fsp3) is 0.667. The van der Waals surface area contributed by atoms with Gasteiger partial charge in [0, 0.05) is 31.9 Å². The Morgan fingerprint density at radius 1 is 1.25 bits per heavy atom. The Balaban J connectivity index is 1.20. The van der Waals surface area contributed by atoms with Crippen LogP contribution in [-0.2, 0) is 11.0 Å². The van der Waals surface area contributed by atoms with Crippen LogP contribution in [0.25, 0.3) is 11.0 Å². The summed E-state index contributed by atoms with van der Waals surface area (Å²) < 4.78 is 38.8. The Morgan fingerprint density at radius 3 is 2.69 bits per heavy atom. The fourth-order valence-electron chi connectivity index (χ4n) is 4.72. The van der Waals surface area contributed by atoms with Gasteiger partial charge in [-0.15, -0.1) is 0 Å². The third-order valence-corrected chi connectivity index (χ3v) is 6.54. The molecule has 2 aromatic rings. The minimum atomic E-state index is -4.50. The average Bonchev–Trinajstić information content (AvgIpc) is 3.15. The van der Waals surface area contributed by atoms with Crippen molar-refractivity contribution in [1.29, 1.82) is 0 Å². The van der Waals surface area contributed by atoms with Crippen LogP contribution in [0, 0.1) is 5.92 Å². The monoisotopic (exact) mass is 454 g/mol. The molecule has 0 radical (unpaired) electrons. The highest BCUT2D eigenvalue weighted by molar-refractivity contribution is 5.90. The van der Waals surface area contributed by atoms with E-state index >= 15 is 0 Å². The number of aliphatic hydroxyl groups excluding tert-OH is 1. The molecule has 2 aromatic heterocycles. The number of anilines is 1. The van der Waals surface area contributed by atoms with Gasteiger partial charge in [-0.2, -0.15) is 18.3 Å². The first-order valence-corrected chi connectivity index (χ1v) is 11.1. The summed E-state index contributed by atoms with van der Waals surface area (Å²) in [7, 11) is 0. The number of halogens is 3. The number of nitrogens with zero attached hydrogens (tertiary/aromatic N) is 3. The molecule has 4 rings (SSSR count). The number of hydrogen-bond acceptors (Lipinski definition) is 6. The van der Waals surface area contributed by atoms with E-state index in [0.29, 0.717) is 6.04 Å². The maximum Gasteiger partial charge on any atom is 0.417 e. The lowest BCUT2D eigenvalue weighted by Gasteiger charge is -2.46. The summed E-state index contributed by atoms with van der Waals surface area (Å²) in [6, 6.07) is 1.62. The lowest BCUT2D eigenvalue weighted by atomic mass is 9.82. The summed E-state index contributed by atoms with van der Waals surface area (Å²) >= 11 is 0. The van der Waals surface area contributed by atoms with E-state index in [2.05, 4.69) is 30.7 Å². The topological polar surface area (TPSA) is 106 Å². The lowest BCUT2D eigenvalue weighted by Crippen LogP contribution is -2.63. The van der Waals surface area contributed by atoms with E-state index in [1.807, 2.05) is 0 Å². The van der Waals surface area contributed by atoms with Gasteiger partial charge < -0.3 is 15.7 Å². The second kappa shape index (κ2) is 9.62. The van der Waals surface area contributed by atoms with E-state index < -0.39 is 11.7 Å². The summed E-state index contributed by atoms with van der Waals surface area (Å²) in [6.45, 7) is 1.83. The summed E-state index contributed by atoms with van der Waals surface area (Å²) in [5.41, 5.74) is -0.641. The molecule has 0 atom stereocenters. The van der Waals surface area contributed by atoms with Crippen molar-refractivity contribution in [3.05, 3.63) is 17.8 Å². The van der Waals surface area contributed by atoms with Gasteiger partial charge in [-0.1, -0.05) is 0 Å². The number of nitrogens with one attached hydrogen (secondary N) is 3. The molecule has 8 nitrogen and oxygen atoms in total. The number of hydrogen-bond donors (Lipinski definition) is 4. The molecular weight excluding hydrogens is 425 g/mol. The number of carbonyl (C=O) groups is 1. The van der Waals surface area contributed by atoms with Crippen molar-refractivity contribution in [2.24, 2.45) is 5.92 Å². The van der Waals surface area contributed by atoms with E-state index in [9.17, 15) is 18.0 Å². The van der Waals surface area contributed by atoms with Gasteiger partial charge in [-0.3, -0.25) is 14.8 Å². The zero-order valence-electron chi connectivity index (χ0n) is 17.8. The third-order valence-electron chi connectivity index (χ3n) is 6.54. The van der Waals surface area contributed by atoms with Crippen molar-refractivity contribution in [2.75, 3.05) is 31.6 Å². The van der Waals surface area contributed by atoms with Crippen molar-refractivity contribution in [2.45, 2.75) is 56.8 Å². The van der Waals surface area contributed by atoms with Crippen LogP contribution < -0.4 is 10.6 Å². The van der Waals surface area contributed by atoms with Crippen LogP contribution in [0.5, 0.6) is 0 Å². The maximum absolute atomic E-state index is 12.9. The SMILES string of the molecule is O=C(CNc1n[nH]c2ncc(C(F)(F)F)cc12)NC1CN(C2CCC(CCCO)CC2)C1. The van der Waals surface area contributed by atoms with Crippen molar-refractivity contribution in [1.82, 2.24) is 25.4 Å². The zero-order chi connectivity index (χ0) is 22.7. The predicted octanol–water partition coefficient (Wildman–Crippen LogP) is 2.52. The van der Waals surface area contributed by atoms with Crippen LogP contribution >= 0.6 is 0 Å². The molecule has 0 bridgehead atoms. The van der Waals surface area contributed by atoms with Crippen LogP contribution in [0.2, 0.25) is 0 Å². The molecular formula is C21H29F3N6O2. The van der Waals surface area contributed by atoms with Crippen LogP contribution in [0.1, 0.15) is 44.1 Å². The van der Waals surface area contributed by atoms with Gasteiger partial charge in [0.1, 0.15) is 0 Å². The summed E-state index contributed by atoms with van der Waals surface area (Å²) in [5, 5.41) is 21.4. The highest BCUT2D eigenvalue weighted by atomic mass is 19.4. The molecule has 2 aliphatic rings. The number of carbonyl (C=O) groups excluding carboxylic acids is 1. The number of aromatic amines is 1. The summed E-state index contributed by atoms with van der Waals surface area (Å²) in [5.74, 6) is 0.669. The van der Waals surface area contributed by atoms with Gasteiger partial charge >= 0.3 is 6.18 Å². The number of fused-ring (bicyclic) bond motifs is 1. The standard InChI is InChI=1S/C21H29F3N6O2/c22-21(23,24)14-8-17-19(25-9-14)28-29-20(17)26-10-18(32)27-15-11-30(12-15)16-5-3-13(4-6-16)2-1-7-31/h8-9,13,15-16,31H,1-7,10-12H2,(H,27,32)(H2,25,26,28,29). The molecule has 176 valence electrons. The van der Waals surface area contributed by atoms with Crippen LogP contribution in [-0.4, -0.2) is 69.4 Å². The van der Waals surface area contributed by atoms with Gasteiger partial charge in [0.15, 0.2) is 11.5 Å². The molecule has 11 heteroatoms. The highest BCUT2D eigenvalue weighted by Crippen LogP contribution is 2.33. The van der Waals surface area contributed by atoms with Gasteiger partial charge in [0.25, 0.3) is 0 Å². The normalized spacial score (nSPS) is 22.6. The van der Waals surface area contributed by atoms with E-state index in [-0.39, 0.29) is 42.0 Å². The molecule has 1 saturated carbocycles. The first-order chi connectivity index (χ1) is 15.3. The number of alkyl halides is 3. The number of aromatic nitrogens is 3. The third kappa shape index (κ3) is 5.32. The minimum absolute atomic E-state index is 0.0807. The molecule has 1 aliphatic carbocycles. The molecule has 1 amide bonds. The molecule has 32 heavy (non-hydrogen) atoms. The van der Waals surface area contributed by atoms with Crippen molar-refractivity contribution >= 4 is 22.8 Å². The van der Waals surface area contributed by atoms with Crippen molar-refractivity contribution in [3.63, 3.8) is 0 Å². The van der Waals surface area contributed by atoms with E-state index in [0.717, 1.165) is 44.1 Å². The van der Waals surface area contributed by atoms with Crippen molar-refractivity contribution in [3.8, 4) is 0 Å². The Hall–Kier alpha value is -2.40. The van der Waals surface area contributed by atoms with Crippen LogP contribution in [0.3, 0.4) is 0 Å². The second-order valence-electron chi connectivity index (χ2n) is 8.80. The number of pyridine rings is 1. The molecule has 0 aromatic carbocycles. The molecule has 3 heterocycles. The quantitative estimate of drug-likeness (QED) is 0.489.